The van der Waals surface area contributed by atoms with Crippen molar-refractivity contribution in [2.75, 3.05) is 14.2 Å². The molecule has 0 aliphatic rings. The van der Waals surface area contributed by atoms with Crippen molar-refractivity contribution in [3.63, 3.8) is 0 Å². The molecule has 0 spiro atoms. The van der Waals surface area contributed by atoms with Gasteiger partial charge in [0, 0.05) is 0 Å². The molecule has 3 rings (SSSR count). The van der Waals surface area contributed by atoms with Gasteiger partial charge in [0.1, 0.15) is 18.1 Å². The lowest BCUT2D eigenvalue weighted by Gasteiger charge is -2.06. The van der Waals surface area contributed by atoms with Crippen LogP contribution in [0.3, 0.4) is 0 Å². The van der Waals surface area contributed by atoms with Gasteiger partial charge in [-0.25, -0.2) is 9.59 Å². The lowest BCUT2D eigenvalue weighted by molar-refractivity contribution is 0.0591. The van der Waals surface area contributed by atoms with Crippen molar-refractivity contribution in [1.29, 1.82) is 0 Å². The number of hydrogen-bond acceptors (Lipinski definition) is 6. The number of ether oxygens (including phenoxy) is 3. The number of rotatable bonds is 5. The number of carbonyl (C=O) groups excluding carboxylic acids is 2. The van der Waals surface area contributed by atoms with Gasteiger partial charge in [-0.3, -0.25) is 0 Å². The molecule has 29 heavy (non-hydrogen) atoms. The summed E-state index contributed by atoms with van der Waals surface area (Å²) in [5.41, 5.74) is 2.06. The van der Waals surface area contributed by atoms with Gasteiger partial charge >= 0.3 is 11.9 Å². The van der Waals surface area contributed by atoms with Gasteiger partial charge in [0.2, 0.25) is 0 Å². The van der Waals surface area contributed by atoms with Crippen molar-refractivity contribution < 1.29 is 28.9 Å². The molecule has 0 unspecified atom stereocenters. The summed E-state index contributed by atoms with van der Waals surface area (Å²) in [6.45, 7) is 0.512. The number of hydrogen-bond donors (Lipinski definition) is 1. The van der Waals surface area contributed by atoms with E-state index in [1.165, 1.54) is 38.5 Å². The van der Waals surface area contributed by atoms with Crippen molar-refractivity contribution in [2.24, 2.45) is 0 Å². The normalized spacial score (nSPS) is 9.59. The van der Waals surface area contributed by atoms with Crippen LogP contribution < -0.4 is 4.74 Å². The summed E-state index contributed by atoms with van der Waals surface area (Å²) in [5, 5.41) is 8.86. The molecule has 0 aromatic heterocycles. The van der Waals surface area contributed by atoms with Crippen LogP contribution in [0.1, 0.15) is 26.3 Å². The smallest absolute Gasteiger partial charge is 0.337 e. The molecule has 1 N–H and O–H groups in total. The molecule has 0 atom stereocenters. The van der Waals surface area contributed by atoms with Gasteiger partial charge in [-0.2, -0.15) is 0 Å². The molecule has 0 bridgehead atoms. The zero-order chi connectivity index (χ0) is 21.1. The second-order valence-electron chi connectivity index (χ2n) is 5.83. The Labute approximate surface area is 169 Å². The molecule has 0 saturated carbocycles. The average molecular weight is 394 g/mol. The fraction of sp³-hybridized carbons (Fsp3) is 0.130. The molecule has 0 radical (unpaired) electrons. The number of esters is 2. The van der Waals surface area contributed by atoms with Gasteiger partial charge in [0.25, 0.3) is 0 Å². The first-order chi connectivity index (χ1) is 14.0. The monoisotopic (exact) mass is 394 g/mol. The minimum atomic E-state index is -0.398. The van der Waals surface area contributed by atoms with Crippen molar-refractivity contribution in [2.45, 2.75) is 6.61 Å². The molecule has 0 aliphatic heterocycles. The number of phenolic OH excluding ortho intramolecular Hbond substituents is 1. The predicted octanol–water partition coefficient (Wildman–Crippen LogP) is 4.23. The number of aromatic hydroxyl groups is 1. The van der Waals surface area contributed by atoms with E-state index in [2.05, 4.69) is 9.47 Å². The number of carbonyl (C=O) groups is 2. The Kier molecular flexibility index (Phi) is 8.26. The summed E-state index contributed by atoms with van der Waals surface area (Å²) in [7, 11) is 2.68. The molecule has 3 aromatic rings. The van der Waals surface area contributed by atoms with E-state index in [0.29, 0.717) is 17.7 Å². The summed E-state index contributed by atoms with van der Waals surface area (Å²) < 4.78 is 14.7. The second-order valence-corrected chi connectivity index (χ2v) is 5.83. The molecule has 0 fully saturated rings. The Hall–Kier alpha value is -3.80. The maximum absolute atomic E-state index is 11.2. The van der Waals surface area contributed by atoms with Crippen LogP contribution in [0.25, 0.3) is 0 Å². The SMILES string of the molecule is COC(=O)c1ccc(O)cc1.COC(=O)c1ccc(OCc2ccccc2)cc1. The van der Waals surface area contributed by atoms with Gasteiger partial charge in [-0.1, -0.05) is 30.3 Å². The van der Waals surface area contributed by atoms with Gasteiger partial charge in [0.15, 0.2) is 0 Å². The molecule has 0 amide bonds. The Morgan fingerprint density at radius 2 is 1.21 bits per heavy atom. The molecule has 3 aromatic carbocycles. The van der Waals surface area contributed by atoms with E-state index in [1.54, 1.807) is 24.3 Å². The highest BCUT2D eigenvalue weighted by atomic mass is 16.5. The van der Waals surface area contributed by atoms with E-state index in [4.69, 9.17) is 9.84 Å². The van der Waals surface area contributed by atoms with Crippen LogP contribution in [-0.4, -0.2) is 31.3 Å². The van der Waals surface area contributed by atoms with E-state index < -0.39 is 5.97 Å². The van der Waals surface area contributed by atoms with Gasteiger partial charge < -0.3 is 19.3 Å². The van der Waals surface area contributed by atoms with Crippen LogP contribution in [0.2, 0.25) is 0 Å². The molecular formula is C23H22O6. The van der Waals surface area contributed by atoms with Crippen LogP contribution in [0, 0.1) is 0 Å². The lowest BCUT2D eigenvalue weighted by Crippen LogP contribution is -2.01. The highest BCUT2D eigenvalue weighted by molar-refractivity contribution is 5.89. The molecule has 6 nitrogen and oxygen atoms in total. The number of methoxy groups -OCH3 is 2. The van der Waals surface area contributed by atoms with E-state index in [1.807, 2.05) is 30.3 Å². The summed E-state index contributed by atoms with van der Waals surface area (Å²) in [6, 6.07) is 22.7. The fourth-order valence-corrected chi connectivity index (χ4v) is 2.26. The summed E-state index contributed by atoms with van der Waals surface area (Å²) in [5.74, 6) is 0.124. The van der Waals surface area contributed by atoms with E-state index in [9.17, 15) is 9.59 Å². The zero-order valence-electron chi connectivity index (χ0n) is 16.2. The molecule has 0 heterocycles. The van der Waals surface area contributed by atoms with E-state index in [0.717, 1.165) is 11.3 Å². The lowest BCUT2D eigenvalue weighted by atomic mass is 10.2. The van der Waals surface area contributed by atoms with Crippen LogP contribution in [-0.2, 0) is 16.1 Å². The van der Waals surface area contributed by atoms with Gasteiger partial charge in [-0.15, -0.1) is 0 Å². The Morgan fingerprint density at radius 1 is 0.724 bits per heavy atom. The minimum Gasteiger partial charge on any atom is -0.508 e. The number of phenols is 1. The third-order valence-electron chi connectivity index (χ3n) is 3.81. The predicted molar refractivity (Wildman–Crippen MR) is 108 cm³/mol. The fourth-order valence-electron chi connectivity index (χ4n) is 2.26. The third kappa shape index (κ3) is 7.03. The van der Waals surface area contributed by atoms with Crippen LogP contribution in [0.15, 0.2) is 78.9 Å². The van der Waals surface area contributed by atoms with Crippen LogP contribution in [0.5, 0.6) is 11.5 Å². The molecule has 150 valence electrons. The Morgan fingerprint density at radius 3 is 1.69 bits per heavy atom. The minimum absolute atomic E-state index is 0.137. The molecule has 0 aliphatic carbocycles. The quantitative estimate of drug-likeness (QED) is 0.652. The van der Waals surface area contributed by atoms with Gasteiger partial charge in [0.05, 0.1) is 25.3 Å². The first kappa shape index (κ1) is 21.5. The maximum Gasteiger partial charge on any atom is 0.337 e. The first-order valence-electron chi connectivity index (χ1n) is 8.76. The van der Waals surface area contributed by atoms with Crippen molar-refractivity contribution in [1.82, 2.24) is 0 Å². The standard InChI is InChI=1S/C15H14O3.C8H8O3/c1-17-15(16)13-7-9-14(10-8-13)18-11-12-5-3-2-4-6-12;1-11-8(10)6-2-4-7(9)5-3-6/h2-10H,11H2,1H3;2-5,9H,1H3. The molecule has 0 saturated heterocycles. The van der Waals surface area contributed by atoms with Crippen LogP contribution in [0.4, 0.5) is 0 Å². The highest BCUT2D eigenvalue weighted by Gasteiger charge is 2.04. The summed E-state index contributed by atoms with van der Waals surface area (Å²) >= 11 is 0. The molecule has 6 heteroatoms. The Balaban J connectivity index is 0.000000234. The summed E-state index contributed by atoms with van der Waals surface area (Å²) in [6.07, 6.45) is 0. The molecular weight excluding hydrogens is 372 g/mol. The number of benzene rings is 3. The third-order valence-corrected chi connectivity index (χ3v) is 3.81. The van der Waals surface area contributed by atoms with E-state index in [-0.39, 0.29) is 11.7 Å². The van der Waals surface area contributed by atoms with Crippen molar-refractivity contribution in [3.05, 3.63) is 95.6 Å². The Bertz CT molecular complexity index is 902. The van der Waals surface area contributed by atoms with E-state index >= 15 is 0 Å². The second kappa shape index (κ2) is 11.1. The van der Waals surface area contributed by atoms with Crippen LogP contribution >= 0.6 is 0 Å². The zero-order valence-corrected chi connectivity index (χ0v) is 16.2. The largest absolute Gasteiger partial charge is 0.508 e. The average Bonchev–Trinajstić information content (AvgIpc) is 2.78. The first-order valence-corrected chi connectivity index (χ1v) is 8.76. The van der Waals surface area contributed by atoms with Crippen molar-refractivity contribution in [3.8, 4) is 11.5 Å². The maximum atomic E-state index is 11.2. The van der Waals surface area contributed by atoms with Gasteiger partial charge in [-0.05, 0) is 54.1 Å². The highest BCUT2D eigenvalue weighted by Crippen LogP contribution is 2.14. The summed E-state index contributed by atoms with van der Waals surface area (Å²) in [4.78, 5) is 22.1. The van der Waals surface area contributed by atoms with Crippen molar-refractivity contribution >= 4 is 11.9 Å². The topological polar surface area (TPSA) is 82.1 Å².